The first kappa shape index (κ1) is 10.8. The van der Waals surface area contributed by atoms with Gasteiger partial charge in [0.1, 0.15) is 0 Å². The summed E-state index contributed by atoms with van der Waals surface area (Å²) in [5.74, 6) is 0.586. The fourth-order valence-electron chi connectivity index (χ4n) is 2.14. The third kappa shape index (κ3) is 1.48. The highest BCUT2D eigenvalue weighted by Gasteiger charge is 2.16. The van der Waals surface area contributed by atoms with Crippen LogP contribution in [0, 0.1) is 6.92 Å². The second-order valence-electron chi connectivity index (χ2n) is 4.28. The van der Waals surface area contributed by atoms with Crippen LogP contribution in [0.25, 0.3) is 22.2 Å². The number of ether oxygens (including phenoxy) is 1. The highest BCUT2D eigenvalue weighted by molar-refractivity contribution is 5.96. The number of aromatic amines is 1. The minimum Gasteiger partial charge on any atom is -0.480 e. The molecule has 92 valence electrons. The number of rotatable bonds is 2. The van der Waals surface area contributed by atoms with Crippen LogP contribution >= 0.6 is 0 Å². The van der Waals surface area contributed by atoms with E-state index in [-0.39, 0.29) is 0 Å². The van der Waals surface area contributed by atoms with Gasteiger partial charge in [-0.15, -0.1) is 0 Å². The third-order valence-corrected chi connectivity index (χ3v) is 3.07. The van der Waals surface area contributed by atoms with Crippen LogP contribution < -0.4 is 4.74 Å². The normalized spacial score (nSPS) is 11.1. The first-order valence-electron chi connectivity index (χ1n) is 5.71. The minimum absolute atomic E-state index is 0.586. The van der Waals surface area contributed by atoms with Crippen LogP contribution in [0.4, 0.5) is 0 Å². The Morgan fingerprint density at radius 3 is 2.89 bits per heavy atom. The van der Waals surface area contributed by atoms with Crippen LogP contribution in [0.2, 0.25) is 0 Å². The molecule has 18 heavy (non-hydrogen) atoms. The number of H-pyrrole nitrogens is 1. The molecule has 0 aliphatic heterocycles. The lowest BCUT2D eigenvalue weighted by Crippen LogP contribution is -1.94. The molecule has 0 atom stereocenters. The van der Waals surface area contributed by atoms with Crippen molar-refractivity contribution in [3.8, 4) is 17.1 Å². The molecule has 0 unspecified atom stereocenters. The number of fused-ring (bicyclic) bond motifs is 1. The van der Waals surface area contributed by atoms with E-state index in [1.807, 2.05) is 31.7 Å². The molecule has 0 aliphatic rings. The van der Waals surface area contributed by atoms with Gasteiger partial charge in [0, 0.05) is 31.0 Å². The van der Waals surface area contributed by atoms with Crippen molar-refractivity contribution in [1.82, 2.24) is 19.7 Å². The zero-order valence-corrected chi connectivity index (χ0v) is 10.6. The lowest BCUT2D eigenvalue weighted by atomic mass is 10.1. The van der Waals surface area contributed by atoms with Crippen LogP contribution in [0.5, 0.6) is 5.88 Å². The summed E-state index contributed by atoms with van der Waals surface area (Å²) in [7, 11) is 3.51. The van der Waals surface area contributed by atoms with Gasteiger partial charge >= 0.3 is 0 Å². The summed E-state index contributed by atoms with van der Waals surface area (Å²) in [5.41, 5.74) is 3.94. The van der Waals surface area contributed by atoms with Crippen molar-refractivity contribution in [2.24, 2.45) is 7.05 Å². The molecule has 0 aliphatic carbocycles. The maximum atomic E-state index is 5.35. The number of pyridine rings is 1. The number of aromatic nitrogens is 4. The minimum atomic E-state index is 0.586. The largest absolute Gasteiger partial charge is 0.480 e. The Labute approximate surface area is 104 Å². The summed E-state index contributed by atoms with van der Waals surface area (Å²) in [4.78, 5) is 7.62. The molecule has 0 amide bonds. The third-order valence-electron chi connectivity index (χ3n) is 3.07. The van der Waals surface area contributed by atoms with Gasteiger partial charge in [-0.25, -0.2) is 4.98 Å². The van der Waals surface area contributed by atoms with Crippen molar-refractivity contribution in [1.29, 1.82) is 0 Å². The topological polar surface area (TPSA) is 55.7 Å². The van der Waals surface area contributed by atoms with Crippen molar-refractivity contribution in [3.63, 3.8) is 0 Å². The summed E-state index contributed by atoms with van der Waals surface area (Å²) < 4.78 is 7.11. The zero-order chi connectivity index (χ0) is 12.7. The molecule has 5 heteroatoms. The van der Waals surface area contributed by atoms with Gasteiger partial charge in [-0.3, -0.25) is 4.68 Å². The highest BCUT2D eigenvalue weighted by atomic mass is 16.5. The van der Waals surface area contributed by atoms with Crippen LogP contribution in [-0.4, -0.2) is 26.9 Å². The van der Waals surface area contributed by atoms with Gasteiger partial charge in [0.2, 0.25) is 5.88 Å². The molecule has 3 rings (SSSR count). The van der Waals surface area contributed by atoms with Crippen molar-refractivity contribution < 1.29 is 4.74 Å². The monoisotopic (exact) mass is 242 g/mol. The highest BCUT2D eigenvalue weighted by Crippen LogP contribution is 2.34. The molecular weight excluding hydrogens is 228 g/mol. The van der Waals surface area contributed by atoms with Crippen molar-refractivity contribution in [2.45, 2.75) is 6.92 Å². The number of hydrogen-bond donors (Lipinski definition) is 1. The molecule has 0 saturated heterocycles. The molecular formula is C13H14N4O. The van der Waals surface area contributed by atoms with Crippen LogP contribution in [0.3, 0.4) is 0 Å². The van der Waals surface area contributed by atoms with Crippen LogP contribution in [0.1, 0.15) is 5.56 Å². The van der Waals surface area contributed by atoms with E-state index in [4.69, 9.17) is 4.74 Å². The molecule has 0 radical (unpaired) electrons. The maximum absolute atomic E-state index is 5.35. The molecule has 3 aromatic heterocycles. The van der Waals surface area contributed by atoms with Crippen molar-refractivity contribution in [3.05, 3.63) is 30.2 Å². The molecule has 3 heterocycles. The quantitative estimate of drug-likeness (QED) is 0.750. The molecule has 1 N–H and O–H groups in total. The van der Waals surface area contributed by atoms with Gasteiger partial charge < -0.3 is 9.72 Å². The summed E-state index contributed by atoms with van der Waals surface area (Å²) in [6.07, 6.45) is 5.70. The number of nitrogens with zero attached hydrogens (tertiary/aromatic N) is 3. The number of methoxy groups -OCH3 is 1. The van der Waals surface area contributed by atoms with Crippen molar-refractivity contribution >= 4 is 10.9 Å². The van der Waals surface area contributed by atoms with E-state index in [2.05, 4.69) is 22.0 Å². The molecule has 5 nitrogen and oxygen atoms in total. The van der Waals surface area contributed by atoms with Gasteiger partial charge in [0.25, 0.3) is 0 Å². The van der Waals surface area contributed by atoms with E-state index < -0.39 is 0 Å². The van der Waals surface area contributed by atoms with Gasteiger partial charge in [-0.1, -0.05) is 0 Å². The fraction of sp³-hybridized carbons (Fsp3) is 0.231. The average molecular weight is 242 g/mol. The second kappa shape index (κ2) is 3.87. The first-order chi connectivity index (χ1) is 8.70. The van der Waals surface area contributed by atoms with E-state index in [1.54, 1.807) is 11.8 Å². The summed E-state index contributed by atoms with van der Waals surface area (Å²) in [5, 5.41) is 5.52. The Morgan fingerprint density at radius 2 is 2.22 bits per heavy atom. The van der Waals surface area contributed by atoms with Gasteiger partial charge in [-0.2, -0.15) is 5.10 Å². The predicted molar refractivity (Wildman–Crippen MR) is 69.6 cm³/mol. The van der Waals surface area contributed by atoms with E-state index in [0.717, 1.165) is 27.7 Å². The van der Waals surface area contributed by atoms with Crippen molar-refractivity contribution in [2.75, 3.05) is 7.11 Å². The maximum Gasteiger partial charge on any atom is 0.224 e. The Morgan fingerprint density at radius 1 is 1.39 bits per heavy atom. The predicted octanol–water partition coefficient (Wildman–Crippen LogP) is 2.28. The Hall–Kier alpha value is -2.30. The smallest absolute Gasteiger partial charge is 0.224 e. The number of nitrogens with one attached hydrogen (secondary N) is 1. The Kier molecular flexibility index (Phi) is 2.33. The molecule has 0 spiro atoms. The zero-order valence-electron chi connectivity index (χ0n) is 10.6. The molecule has 3 aromatic rings. The van der Waals surface area contributed by atoms with Crippen LogP contribution in [0.15, 0.2) is 24.7 Å². The number of hydrogen-bond acceptors (Lipinski definition) is 3. The average Bonchev–Trinajstić information content (AvgIpc) is 2.95. The van der Waals surface area contributed by atoms with E-state index >= 15 is 0 Å². The van der Waals surface area contributed by atoms with Gasteiger partial charge in [0.15, 0.2) is 0 Å². The summed E-state index contributed by atoms with van der Waals surface area (Å²) in [6.45, 7) is 2.05. The number of aryl methyl sites for hydroxylation is 2. The molecule has 0 bridgehead atoms. The second-order valence-corrected chi connectivity index (χ2v) is 4.28. The van der Waals surface area contributed by atoms with Gasteiger partial charge in [-0.05, 0) is 18.6 Å². The standard InChI is InChI=1S/C13H14N4O/c1-8-6-14-12-9(8)7-15-13(18-3)11(12)10-4-5-17(2)16-10/h4-7,14H,1-3H3. The Balaban J connectivity index is 2.36. The summed E-state index contributed by atoms with van der Waals surface area (Å²) in [6, 6.07) is 1.95. The molecule has 0 fully saturated rings. The van der Waals surface area contributed by atoms with Gasteiger partial charge in [0.05, 0.1) is 23.9 Å². The lowest BCUT2D eigenvalue weighted by molar-refractivity contribution is 0.400. The van der Waals surface area contributed by atoms with E-state index in [0.29, 0.717) is 5.88 Å². The van der Waals surface area contributed by atoms with Crippen LogP contribution in [-0.2, 0) is 7.05 Å². The SMILES string of the molecule is COc1ncc2c(C)c[nH]c2c1-c1ccn(C)n1. The molecule has 0 aromatic carbocycles. The Bertz CT molecular complexity index is 711. The molecule has 0 saturated carbocycles. The lowest BCUT2D eigenvalue weighted by Gasteiger charge is -2.06. The summed E-state index contributed by atoms with van der Waals surface area (Å²) >= 11 is 0. The van der Waals surface area contributed by atoms with E-state index in [9.17, 15) is 0 Å². The van der Waals surface area contributed by atoms with E-state index in [1.165, 1.54) is 0 Å². The fourth-order valence-corrected chi connectivity index (χ4v) is 2.14. The first-order valence-corrected chi connectivity index (χ1v) is 5.71.